The first kappa shape index (κ1) is 9.40. The molecular formula is C10H15N3O. The van der Waals surface area contributed by atoms with E-state index in [4.69, 9.17) is 0 Å². The lowest BCUT2D eigenvalue weighted by atomic mass is 10.4. The van der Waals surface area contributed by atoms with Gasteiger partial charge in [0.05, 0.1) is 0 Å². The van der Waals surface area contributed by atoms with Crippen molar-refractivity contribution in [3.63, 3.8) is 0 Å². The second kappa shape index (κ2) is 4.37. The monoisotopic (exact) mass is 193 g/mol. The van der Waals surface area contributed by atoms with Crippen LogP contribution >= 0.6 is 0 Å². The summed E-state index contributed by atoms with van der Waals surface area (Å²) in [5, 5.41) is 7.39. The molecule has 1 aliphatic carbocycles. The van der Waals surface area contributed by atoms with E-state index in [0.717, 1.165) is 19.0 Å². The van der Waals surface area contributed by atoms with Crippen LogP contribution in [-0.2, 0) is 6.54 Å². The van der Waals surface area contributed by atoms with Crippen molar-refractivity contribution >= 4 is 0 Å². The minimum atomic E-state index is -0.0149. The Kier molecular flexibility index (Phi) is 2.93. The van der Waals surface area contributed by atoms with Crippen LogP contribution < -0.4 is 10.9 Å². The topological polar surface area (TPSA) is 46.9 Å². The van der Waals surface area contributed by atoms with Crippen LogP contribution in [0.5, 0.6) is 0 Å². The Morgan fingerprint density at radius 1 is 1.57 bits per heavy atom. The number of aromatic nitrogens is 2. The predicted octanol–water partition coefficient (Wildman–Crippen LogP) is 0.385. The first-order valence-corrected chi connectivity index (χ1v) is 5.12. The molecule has 14 heavy (non-hydrogen) atoms. The fourth-order valence-corrected chi connectivity index (χ4v) is 1.38. The highest BCUT2D eigenvalue weighted by Gasteiger charge is 2.19. The van der Waals surface area contributed by atoms with E-state index in [2.05, 4.69) is 10.4 Å². The molecule has 1 saturated carbocycles. The van der Waals surface area contributed by atoms with Crippen LogP contribution in [-0.4, -0.2) is 22.4 Å². The van der Waals surface area contributed by atoms with Crippen LogP contribution in [0.1, 0.15) is 19.3 Å². The van der Waals surface area contributed by atoms with Crippen molar-refractivity contribution in [1.82, 2.24) is 15.1 Å². The SMILES string of the molecule is O=c1cccnn1CCCNC1CC1. The number of aryl methyl sites for hydroxylation is 1. The lowest BCUT2D eigenvalue weighted by Gasteiger charge is -2.03. The molecule has 1 heterocycles. The third-order valence-corrected chi connectivity index (χ3v) is 2.34. The summed E-state index contributed by atoms with van der Waals surface area (Å²) < 4.78 is 1.51. The minimum Gasteiger partial charge on any atom is -0.314 e. The normalized spacial score (nSPS) is 15.7. The lowest BCUT2D eigenvalue weighted by molar-refractivity contribution is 0.521. The molecule has 1 aromatic rings. The van der Waals surface area contributed by atoms with Crippen LogP contribution in [0.2, 0.25) is 0 Å². The second-order valence-electron chi connectivity index (χ2n) is 3.67. The predicted molar refractivity (Wildman–Crippen MR) is 54.1 cm³/mol. The van der Waals surface area contributed by atoms with Crippen molar-refractivity contribution in [2.75, 3.05) is 6.54 Å². The lowest BCUT2D eigenvalue weighted by Crippen LogP contribution is -2.24. The average molecular weight is 193 g/mol. The van der Waals surface area contributed by atoms with Gasteiger partial charge < -0.3 is 5.32 Å². The van der Waals surface area contributed by atoms with E-state index in [-0.39, 0.29) is 5.56 Å². The van der Waals surface area contributed by atoms with Gasteiger partial charge in [-0.1, -0.05) is 0 Å². The van der Waals surface area contributed by atoms with E-state index in [1.54, 1.807) is 18.3 Å². The van der Waals surface area contributed by atoms with Gasteiger partial charge in [-0.05, 0) is 31.9 Å². The maximum absolute atomic E-state index is 11.2. The molecule has 1 N–H and O–H groups in total. The van der Waals surface area contributed by atoms with Gasteiger partial charge in [0, 0.05) is 24.8 Å². The zero-order valence-corrected chi connectivity index (χ0v) is 8.15. The molecule has 4 nitrogen and oxygen atoms in total. The number of nitrogens with one attached hydrogen (secondary N) is 1. The maximum atomic E-state index is 11.2. The van der Waals surface area contributed by atoms with E-state index in [0.29, 0.717) is 6.54 Å². The van der Waals surface area contributed by atoms with Crippen molar-refractivity contribution in [3.8, 4) is 0 Å². The van der Waals surface area contributed by atoms with Gasteiger partial charge in [0.1, 0.15) is 0 Å². The van der Waals surface area contributed by atoms with Crippen LogP contribution in [0.25, 0.3) is 0 Å². The first-order valence-electron chi connectivity index (χ1n) is 5.12. The fraction of sp³-hybridized carbons (Fsp3) is 0.600. The largest absolute Gasteiger partial charge is 0.314 e. The molecule has 0 atom stereocenters. The van der Waals surface area contributed by atoms with E-state index in [1.165, 1.54) is 17.5 Å². The van der Waals surface area contributed by atoms with Crippen molar-refractivity contribution in [1.29, 1.82) is 0 Å². The number of hydrogen-bond acceptors (Lipinski definition) is 3. The van der Waals surface area contributed by atoms with Gasteiger partial charge in [0.15, 0.2) is 0 Å². The van der Waals surface area contributed by atoms with Gasteiger partial charge in [-0.2, -0.15) is 5.10 Å². The van der Waals surface area contributed by atoms with Crippen LogP contribution in [0.4, 0.5) is 0 Å². The molecule has 4 heteroatoms. The minimum absolute atomic E-state index is 0.0149. The Morgan fingerprint density at radius 3 is 3.14 bits per heavy atom. The zero-order valence-electron chi connectivity index (χ0n) is 8.15. The van der Waals surface area contributed by atoms with Crippen LogP contribution in [0.15, 0.2) is 23.1 Å². The molecule has 1 aliphatic rings. The van der Waals surface area contributed by atoms with Gasteiger partial charge in [-0.15, -0.1) is 0 Å². The van der Waals surface area contributed by atoms with E-state index in [9.17, 15) is 4.79 Å². The van der Waals surface area contributed by atoms with Crippen molar-refractivity contribution in [2.45, 2.75) is 31.8 Å². The molecule has 0 amide bonds. The van der Waals surface area contributed by atoms with Gasteiger partial charge in [-0.25, -0.2) is 4.68 Å². The standard InChI is InChI=1S/C10H15N3O/c14-10-3-1-7-12-13(10)8-2-6-11-9-4-5-9/h1,3,7,9,11H,2,4-6,8H2. The molecule has 0 aliphatic heterocycles. The molecule has 76 valence electrons. The number of nitrogens with zero attached hydrogens (tertiary/aromatic N) is 2. The van der Waals surface area contributed by atoms with E-state index < -0.39 is 0 Å². The molecule has 0 unspecified atom stereocenters. The smallest absolute Gasteiger partial charge is 0.266 e. The van der Waals surface area contributed by atoms with Crippen molar-refractivity contribution in [3.05, 3.63) is 28.7 Å². The third kappa shape index (κ3) is 2.67. The molecule has 1 fully saturated rings. The summed E-state index contributed by atoms with van der Waals surface area (Å²) in [4.78, 5) is 11.2. The molecule has 0 aromatic carbocycles. The summed E-state index contributed by atoms with van der Waals surface area (Å²) in [7, 11) is 0. The van der Waals surface area contributed by atoms with Crippen molar-refractivity contribution in [2.24, 2.45) is 0 Å². The summed E-state index contributed by atoms with van der Waals surface area (Å²) in [6, 6.07) is 3.96. The molecule has 2 rings (SSSR count). The molecule has 0 bridgehead atoms. The summed E-state index contributed by atoms with van der Waals surface area (Å²) in [5.41, 5.74) is -0.0149. The number of rotatable bonds is 5. The van der Waals surface area contributed by atoms with E-state index >= 15 is 0 Å². The number of hydrogen-bond donors (Lipinski definition) is 1. The average Bonchev–Trinajstić information content (AvgIpc) is 2.99. The van der Waals surface area contributed by atoms with Gasteiger partial charge in [-0.3, -0.25) is 4.79 Å². The fourth-order valence-electron chi connectivity index (χ4n) is 1.38. The Balaban J connectivity index is 1.73. The second-order valence-corrected chi connectivity index (χ2v) is 3.67. The Bertz CT molecular complexity index is 343. The summed E-state index contributed by atoms with van der Waals surface area (Å²) in [5.74, 6) is 0. The third-order valence-electron chi connectivity index (χ3n) is 2.34. The Hall–Kier alpha value is -1.16. The van der Waals surface area contributed by atoms with Crippen molar-refractivity contribution < 1.29 is 0 Å². The molecule has 0 saturated heterocycles. The zero-order chi connectivity index (χ0) is 9.80. The molecule has 1 aromatic heterocycles. The highest BCUT2D eigenvalue weighted by molar-refractivity contribution is 4.85. The highest BCUT2D eigenvalue weighted by Crippen LogP contribution is 2.18. The highest BCUT2D eigenvalue weighted by atomic mass is 16.1. The molecule has 0 spiro atoms. The first-order chi connectivity index (χ1) is 6.86. The quantitative estimate of drug-likeness (QED) is 0.688. The summed E-state index contributed by atoms with van der Waals surface area (Å²) in [6.45, 7) is 1.69. The summed E-state index contributed by atoms with van der Waals surface area (Å²) in [6.07, 6.45) is 5.23. The van der Waals surface area contributed by atoms with Crippen LogP contribution in [0.3, 0.4) is 0 Å². The van der Waals surface area contributed by atoms with Gasteiger partial charge >= 0.3 is 0 Å². The van der Waals surface area contributed by atoms with Gasteiger partial charge in [0.25, 0.3) is 5.56 Å². The summed E-state index contributed by atoms with van der Waals surface area (Å²) >= 11 is 0. The molecule has 0 radical (unpaired) electrons. The van der Waals surface area contributed by atoms with E-state index in [1.807, 2.05) is 0 Å². The Labute approximate surface area is 82.9 Å². The van der Waals surface area contributed by atoms with Gasteiger partial charge in [0.2, 0.25) is 0 Å². The van der Waals surface area contributed by atoms with Crippen LogP contribution in [0, 0.1) is 0 Å². The molecular weight excluding hydrogens is 178 g/mol. The maximum Gasteiger partial charge on any atom is 0.266 e. The Morgan fingerprint density at radius 2 is 2.43 bits per heavy atom.